The van der Waals surface area contributed by atoms with Crippen LogP contribution in [-0.2, 0) is 5.41 Å². The number of aryl methyl sites for hydroxylation is 2. The lowest BCUT2D eigenvalue weighted by Crippen LogP contribution is -2.32. The number of hydrogen-bond donors (Lipinski definition) is 1. The molecule has 21 heavy (non-hydrogen) atoms. The number of hydrogen-bond acceptors (Lipinski definition) is 1. The highest BCUT2D eigenvalue weighted by Gasteiger charge is 2.44. The molecule has 1 amide bonds. The highest BCUT2D eigenvalue weighted by molar-refractivity contribution is 5.94. The number of nitrogens with one attached hydrogen (secondary N) is 1. The van der Waals surface area contributed by atoms with E-state index in [-0.39, 0.29) is 11.3 Å². The molecule has 0 atom stereocenters. The van der Waals surface area contributed by atoms with Crippen molar-refractivity contribution in [2.75, 3.05) is 6.54 Å². The summed E-state index contributed by atoms with van der Waals surface area (Å²) < 4.78 is 0. The molecule has 0 aromatic heterocycles. The molecule has 1 saturated carbocycles. The van der Waals surface area contributed by atoms with Crippen LogP contribution in [0, 0.1) is 13.8 Å². The van der Waals surface area contributed by atoms with Gasteiger partial charge in [-0.15, -0.1) is 0 Å². The van der Waals surface area contributed by atoms with Crippen LogP contribution in [0.25, 0.3) is 0 Å². The number of rotatable bonds is 4. The largest absolute Gasteiger partial charge is 0.351 e. The van der Waals surface area contributed by atoms with Crippen LogP contribution in [0.1, 0.15) is 39.9 Å². The Bertz CT molecular complexity index is 636. The maximum Gasteiger partial charge on any atom is 0.251 e. The van der Waals surface area contributed by atoms with Crippen LogP contribution in [0.5, 0.6) is 0 Å². The quantitative estimate of drug-likeness (QED) is 0.907. The number of benzene rings is 2. The SMILES string of the molecule is Cc1cc(C)cc(C(=O)NCC2(c3ccccc3)CC2)c1. The zero-order valence-corrected chi connectivity index (χ0v) is 12.6. The predicted octanol–water partition coefficient (Wildman–Crippen LogP) is 3.77. The van der Waals surface area contributed by atoms with Crippen molar-refractivity contribution in [3.05, 3.63) is 70.8 Å². The molecule has 2 aromatic rings. The summed E-state index contributed by atoms with van der Waals surface area (Å²) >= 11 is 0. The summed E-state index contributed by atoms with van der Waals surface area (Å²) in [5.41, 5.74) is 4.52. The summed E-state index contributed by atoms with van der Waals surface area (Å²) in [5, 5.41) is 3.12. The topological polar surface area (TPSA) is 29.1 Å². The van der Waals surface area contributed by atoms with Gasteiger partial charge in [-0.3, -0.25) is 4.79 Å². The second kappa shape index (κ2) is 5.36. The molecule has 3 rings (SSSR count). The van der Waals surface area contributed by atoms with E-state index in [1.165, 1.54) is 5.56 Å². The second-order valence-electron chi connectivity index (χ2n) is 6.21. The second-order valence-corrected chi connectivity index (χ2v) is 6.21. The van der Waals surface area contributed by atoms with E-state index in [0.29, 0.717) is 0 Å². The summed E-state index contributed by atoms with van der Waals surface area (Å²) in [6, 6.07) is 16.5. The first-order chi connectivity index (χ1) is 10.1. The van der Waals surface area contributed by atoms with Gasteiger partial charge in [0.15, 0.2) is 0 Å². The molecule has 1 fully saturated rings. The highest BCUT2D eigenvalue weighted by atomic mass is 16.1. The third kappa shape index (κ3) is 2.99. The third-order valence-electron chi connectivity index (χ3n) is 4.31. The van der Waals surface area contributed by atoms with Crippen molar-refractivity contribution in [1.82, 2.24) is 5.32 Å². The fourth-order valence-corrected chi connectivity index (χ4v) is 2.97. The molecule has 1 aliphatic carbocycles. The lowest BCUT2D eigenvalue weighted by Gasteiger charge is -2.17. The molecule has 2 nitrogen and oxygen atoms in total. The molecule has 0 spiro atoms. The third-order valence-corrected chi connectivity index (χ3v) is 4.31. The summed E-state index contributed by atoms with van der Waals surface area (Å²) in [7, 11) is 0. The first kappa shape index (κ1) is 13.9. The van der Waals surface area contributed by atoms with E-state index in [0.717, 1.165) is 36.1 Å². The van der Waals surface area contributed by atoms with E-state index in [9.17, 15) is 4.79 Å². The Balaban J connectivity index is 1.69. The summed E-state index contributed by atoms with van der Waals surface area (Å²) in [5.74, 6) is 0.0315. The predicted molar refractivity (Wildman–Crippen MR) is 85.6 cm³/mol. The Morgan fingerprint density at radius 1 is 1.05 bits per heavy atom. The molecule has 2 heteroatoms. The van der Waals surface area contributed by atoms with Crippen LogP contribution < -0.4 is 5.32 Å². The van der Waals surface area contributed by atoms with E-state index < -0.39 is 0 Å². The van der Waals surface area contributed by atoms with Crippen LogP contribution in [0.3, 0.4) is 0 Å². The van der Waals surface area contributed by atoms with Crippen LogP contribution >= 0.6 is 0 Å². The Morgan fingerprint density at radius 2 is 1.67 bits per heavy atom. The average molecular weight is 279 g/mol. The van der Waals surface area contributed by atoms with Crippen LogP contribution in [0.4, 0.5) is 0 Å². The first-order valence-electron chi connectivity index (χ1n) is 7.51. The average Bonchev–Trinajstić information content (AvgIpc) is 3.26. The lowest BCUT2D eigenvalue weighted by molar-refractivity contribution is 0.0949. The fourth-order valence-electron chi connectivity index (χ4n) is 2.97. The van der Waals surface area contributed by atoms with Gasteiger partial charge in [-0.25, -0.2) is 0 Å². The summed E-state index contributed by atoms with van der Waals surface area (Å²) in [4.78, 5) is 12.3. The van der Waals surface area contributed by atoms with Crippen LogP contribution in [0.15, 0.2) is 48.5 Å². The van der Waals surface area contributed by atoms with E-state index >= 15 is 0 Å². The van der Waals surface area contributed by atoms with Crippen molar-refractivity contribution in [2.24, 2.45) is 0 Å². The zero-order valence-electron chi connectivity index (χ0n) is 12.6. The van der Waals surface area contributed by atoms with Gasteiger partial charge >= 0.3 is 0 Å². The van der Waals surface area contributed by atoms with E-state index in [1.807, 2.05) is 32.0 Å². The van der Waals surface area contributed by atoms with Gasteiger partial charge in [-0.05, 0) is 44.4 Å². The molecule has 2 aromatic carbocycles. The zero-order chi connectivity index (χ0) is 14.9. The molecule has 0 radical (unpaired) electrons. The van der Waals surface area contributed by atoms with Crippen molar-refractivity contribution in [1.29, 1.82) is 0 Å². The maximum absolute atomic E-state index is 12.3. The monoisotopic (exact) mass is 279 g/mol. The molecule has 0 saturated heterocycles. The maximum atomic E-state index is 12.3. The minimum Gasteiger partial charge on any atom is -0.351 e. The Kier molecular flexibility index (Phi) is 3.54. The van der Waals surface area contributed by atoms with Gasteiger partial charge in [0.05, 0.1) is 0 Å². The molecular weight excluding hydrogens is 258 g/mol. The fraction of sp³-hybridized carbons (Fsp3) is 0.316. The van der Waals surface area contributed by atoms with Crippen molar-refractivity contribution in [2.45, 2.75) is 32.1 Å². The molecule has 1 aliphatic rings. The molecule has 108 valence electrons. The van der Waals surface area contributed by atoms with Gasteiger partial charge in [0.2, 0.25) is 0 Å². The van der Waals surface area contributed by atoms with Gasteiger partial charge in [-0.1, -0.05) is 47.5 Å². The molecular formula is C19H21NO. The molecule has 0 heterocycles. The minimum atomic E-state index is 0.0315. The molecule has 0 aliphatic heterocycles. The Hall–Kier alpha value is -2.09. The van der Waals surface area contributed by atoms with Crippen LogP contribution in [-0.4, -0.2) is 12.5 Å². The number of carbonyl (C=O) groups is 1. The van der Waals surface area contributed by atoms with E-state index in [4.69, 9.17) is 0 Å². The van der Waals surface area contributed by atoms with Crippen molar-refractivity contribution in [3.8, 4) is 0 Å². The number of carbonyl (C=O) groups excluding carboxylic acids is 1. The van der Waals surface area contributed by atoms with Crippen molar-refractivity contribution in [3.63, 3.8) is 0 Å². The van der Waals surface area contributed by atoms with Gasteiger partial charge in [0, 0.05) is 17.5 Å². The van der Waals surface area contributed by atoms with Crippen LogP contribution in [0.2, 0.25) is 0 Å². The standard InChI is InChI=1S/C19H21NO/c1-14-10-15(2)12-16(11-14)18(21)20-13-19(8-9-19)17-6-4-3-5-7-17/h3-7,10-12H,8-9,13H2,1-2H3,(H,20,21). The molecule has 1 N–H and O–H groups in total. The van der Waals surface area contributed by atoms with Gasteiger partial charge in [-0.2, -0.15) is 0 Å². The van der Waals surface area contributed by atoms with Crippen molar-refractivity contribution >= 4 is 5.91 Å². The normalized spacial score (nSPS) is 15.5. The first-order valence-corrected chi connectivity index (χ1v) is 7.51. The smallest absolute Gasteiger partial charge is 0.251 e. The molecule has 0 bridgehead atoms. The number of amides is 1. The Labute approximate surface area is 126 Å². The van der Waals surface area contributed by atoms with E-state index in [1.54, 1.807) is 0 Å². The summed E-state index contributed by atoms with van der Waals surface area (Å²) in [6.45, 7) is 4.77. The highest BCUT2D eigenvalue weighted by Crippen LogP contribution is 2.47. The Morgan fingerprint density at radius 3 is 2.24 bits per heavy atom. The lowest BCUT2D eigenvalue weighted by atomic mass is 9.96. The van der Waals surface area contributed by atoms with Crippen molar-refractivity contribution < 1.29 is 4.79 Å². The van der Waals surface area contributed by atoms with Gasteiger partial charge < -0.3 is 5.32 Å². The van der Waals surface area contributed by atoms with Gasteiger partial charge in [0.1, 0.15) is 0 Å². The molecule has 0 unspecified atom stereocenters. The van der Waals surface area contributed by atoms with Gasteiger partial charge in [0.25, 0.3) is 5.91 Å². The minimum absolute atomic E-state index is 0.0315. The summed E-state index contributed by atoms with van der Waals surface area (Å²) in [6.07, 6.45) is 2.31. The van der Waals surface area contributed by atoms with E-state index in [2.05, 4.69) is 35.6 Å².